The molecule has 4 heterocycles. The molecule has 0 radical (unpaired) electrons. The van der Waals surface area contributed by atoms with Gasteiger partial charge in [0.2, 0.25) is 0 Å². The van der Waals surface area contributed by atoms with Crippen LogP contribution >= 0.6 is 23.4 Å². The molecule has 0 amide bonds. The molecule has 5 aromatic rings. The van der Waals surface area contributed by atoms with Crippen LogP contribution < -0.4 is 14.9 Å². The number of benzene rings is 4. The Morgan fingerprint density at radius 2 is 1.71 bits per heavy atom. The van der Waals surface area contributed by atoms with Crippen molar-refractivity contribution in [2.75, 3.05) is 73.2 Å². The van der Waals surface area contributed by atoms with E-state index in [1.807, 2.05) is 48.5 Å². The van der Waals surface area contributed by atoms with Crippen molar-refractivity contribution >= 4 is 72.7 Å². The third-order valence-corrected chi connectivity index (χ3v) is 15.3. The number of aromatic nitrogens is 2. The number of rotatable bonds is 17. The molecule has 16 heteroatoms. The van der Waals surface area contributed by atoms with E-state index in [0.717, 1.165) is 80.2 Å². The summed E-state index contributed by atoms with van der Waals surface area (Å²) in [4.78, 5) is 28.9. The highest BCUT2D eigenvalue weighted by Crippen LogP contribution is 2.34. The van der Waals surface area contributed by atoms with Crippen molar-refractivity contribution in [2.45, 2.75) is 73.9 Å². The van der Waals surface area contributed by atoms with Crippen LogP contribution in [0.25, 0.3) is 16.5 Å². The molecule has 1 unspecified atom stereocenters. The fraction of sp³-hybridized carbons (Fsp3) is 0.404. The lowest BCUT2D eigenvalue weighted by Crippen LogP contribution is -2.47. The van der Waals surface area contributed by atoms with E-state index in [2.05, 4.69) is 72.8 Å². The monoisotopic (exact) mass is 910 g/mol. The Kier molecular flexibility index (Phi) is 14.5. The first kappa shape index (κ1) is 44.8. The van der Waals surface area contributed by atoms with E-state index < -0.39 is 14.9 Å². The van der Waals surface area contributed by atoms with Gasteiger partial charge in [-0.1, -0.05) is 41.9 Å². The number of halogens is 1. The second-order valence-electron chi connectivity index (χ2n) is 16.7. The normalized spacial score (nSPS) is 19.4. The molecule has 0 aliphatic carbocycles. The summed E-state index contributed by atoms with van der Waals surface area (Å²) in [6.45, 7) is 11.1. The molecule has 2 N–H and O–H groups in total. The van der Waals surface area contributed by atoms with Gasteiger partial charge >= 0.3 is 0 Å². The number of hydrogen-bond acceptors (Lipinski definition) is 12. The van der Waals surface area contributed by atoms with Gasteiger partial charge in [-0.3, -0.25) is 24.6 Å². The van der Waals surface area contributed by atoms with Gasteiger partial charge in [-0.2, -0.15) is 0 Å². The third kappa shape index (κ3) is 11.1. The largest absolute Gasteiger partial charge is 0.377 e. The van der Waals surface area contributed by atoms with Crippen molar-refractivity contribution in [1.82, 2.24) is 19.8 Å². The average Bonchev–Trinajstić information content (AvgIpc) is 3.61. The van der Waals surface area contributed by atoms with Crippen LogP contribution in [0.4, 0.5) is 22.9 Å². The van der Waals surface area contributed by atoms with Crippen LogP contribution in [0.15, 0.2) is 113 Å². The molecule has 0 spiro atoms. The van der Waals surface area contributed by atoms with E-state index in [1.165, 1.54) is 48.0 Å². The Balaban J connectivity index is 0.930. The minimum absolute atomic E-state index is 0.0906. The number of ether oxygens (including phenoxy) is 1. The number of thioether (sulfide) groups is 1. The maximum Gasteiger partial charge on any atom is 0.293 e. The molecule has 3 atom stereocenters. The standard InChI is InChI=1S/C47H55ClN8O5S2/c1-33-10-11-34(2)55(33)21-6-7-38(31-62-40-8-4-3-5-9-40)51-44-19-17-41(28-46(44)56(57)58)63(59,60)52-47-43-18-16-39(27-45(43)49-32-50-47)54-24-22-53(23-25-54)29-36-30-61-26-20-42(36)35-12-14-37(48)15-13-35/h3-5,8-9,12-19,27-28,32-34,38,51H,6-7,10-11,20-26,29-31H2,1-2H3,(H,49,50,52)/t33-,34+,38?. The van der Waals surface area contributed by atoms with Crippen molar-refractivity contribution in [3.63, 3.8) is 0 Å². The zero-order chi connectivity index (χ0) is 43.9. The maximum absolute atomic E-state index is 13.9. The SMILES string of the molecule is C[C@@H]1CC[C@H](C)N1CCCC(CSc1ccccc1)Nc1ccc(S(=O)(=O)Nc2ncnc3cc(N4CCN(CC5=C(c6ccc(Cl)cc6)CCOC5)CC4)ccc23)cc1[N+](=O)[O-]. The number of nitrogens with one attached hydrogen (secondary N) is 2. The molecule has 3 aliphatic heterocycles. The van der Waals surface area contributed by atoms with Crippen LogP contribution in [0.5, 0.6) is 0 Å². The minimum Gasteiger partial charge on any atom is -0.377 e. The van der Waals surface area contributed by atoms with Crippen molar-refractivity contribution in [2.24, 2.45) is 0 Å². The Hall–Kier alpha value is -4.77. The Morgan fingerprint density at radius 3 is 2.46 bits per heavy atom. The Labute approximate surface area is 379 Å². The van der Waals surface area contributed by atoms with Gasteiger partial charge in [0, 0.05) is 83.7 Å². The lowest BCUT2D eigenvalue weighted by molar-refractivity contribution is -0.384. The number of hydrogen-bond donors (Lipinski definition) is 2. The van der Waals surface area contributed by atoms with Crippen molar-refractivity contribution in [3.05, 3.63) is 124 Å². The number of anilines is 3. The molecule has 2 saturated heterocycles. The number of nitrogens with zero attached hydrogens (tertiary/aromatic N) is 6. The fourth-order valence-corrected chi connectivity index (χ4v) is 11.2. The van der Waals surface area contributed by atoms with E-state index >= 15 is 0 Å². The van der Waals surface area contributed by atoms with Gasteiger partial charge in [0.1, 0.15) is 12.0 Å². The molecule has 63 heavy (non-hydrogen) atoms. The molecule has 0 saturated carbocycles. The van der Waals surface area contributed by atoms with E-state index in [9.17, 15) is 18.5 Å². The number of sulfonamides is 1. The highest BCUT2D eigenvalue weighted by molar-refractivity contribution is 7.99. The highest BCUT2D eigenvalue weighted by atomic mass is 35.5. The molecular weight excluding hydrogens is 856 g/mol. The molecule has 0 bridgehead atoms. The zero-order valence-electron chi connectivity index (χ0n) is 35.8. The van der Waals surface area contributed by atoms with E-state index in [-0.39, 0.29) is 28.1 Å². The summed E-state index contributed by atoms with van der Waals surface area (Å²) < 4.78 is 36.2. The van der Waals surface area contributed by atoms with Crippen molar-refractivity contribution in [3.8, 4) is 0 Å². The van der Waals surface area contributed by atoms with Gasteiger partial charge in [-0.05, 0) is 124 Å². The number of nitro groups is 1. The van der Waals surface area contributed by atoms with Crippen LogP contribution in [0.3, 0.4) is 0 Å². The summed E-state index contributed by atoms with van der Waals surface area (Å²) in [7, 11) is -4.28. The Morgan fingerprint density at radius 1 is 0.952 bits per heavy atom. The molecule has 332 valence electrons. The van der Waals surface area contributed by atoms with Gasteiger partial charge in [-0.25, -0.2) is 18.4 Å². The molecule has 13 nitrogen and oxygen atoms in total. The van der Waals surface area contributed by atoms with E-state index in [0.29, 0.717) is 42.0 Å². The zero-order valence-corrected chi connectivity index (χ0v) is 38.2. The van der Waals surface area contributed by atoms with E-state index in [4.69, 9.17) is 16.3 Å². The lowest BCUT2D eigenvalue weighted by atomic mass is 9.95. The van der Waals surface area contributed by atoms with E-state index in [1.54, 1.807) is 11.8 Å². The molecule has 1 aromatic heterocycles. The molecule has 4 aromatic carbocycles. The quantitative estimate of drug-likeness (QED) is 0.0521. The fourth-order valence-electron chi connectivity index (χ4n) is 9.01. The number of nitro benzene ring substituents is 1. The topological polar surface area (TPSA) is 146 Å². The Bertz CT molecular complexity index is 2510. The highest BCUT2D eigenvalue weighted by Gasteiger charge is 2.28. The summed E-state index contributed by atoms with van der Waals surface area (Å²) in [5.74, 6) is 0.785. The lowest BCUT2D eigenvalue weighted by Gasteiger charge is -2.37. The average molecular weight is 912 g/mol. The van der Waals surface area contributed by atoms with Gasteiger partial charge in [0.25, 0.3) is 15.7 Å². The van der Waals surface area contributed by atoms with Crippen LogP contribution in [-0.2, 0) is 14.8 Å². The molecule has 2 fully saturated rings. The minimum atomic E-state index is -4.28. The van der Waals surface area contributed by atoms with Crippen LogP contribution in [0, 0.1) is 10.1 Å². The molecular formula is C47H55ClN8O5S2. The van der Waals surface area contributed by atoms with Crippen LogP contribution in [-0.4, -0.2) is 109 Å². The van der Waals surface area contributed by atoms with Crippen molar-refractivity contribution in [1.29, 1.82) is 0 Å². The smallest absolute Gasteiger partial charge is 0.293 e. The van der Waals surface area contributed by atoms with Gasteiger partial charge in [0.15, 0.2) is 5.82 Å². The van der Waals surface area contributed by atoms with Crippen LogP contribution in [0.2, 0.25) is 5.02 Å². The number of piperazine rings is 1. The predicted octanol–water partition coefficient (Wildman–Crippen LogP) is 9.21. The van der Waals surface area contributed by atoms with Crippen molar-refractivity contribution < 1.29 is 18.1 Å². The summed E-state index contributed by atoms with van der Waals surface area (Å²) in [5, 5.41) is 17.2. The second kappa shape index (κ2) is 20.4. The molecule has 8 rings (SSSR count). The van der Waals surface area contributed by atoms with Crippen LogP contribution in [0.1, 0.15) is 51.5 Å². The third-order valence-electron chi connectivity index (χ3n) is 12.5. The first-order valence-electron chi connectivity index (χ1n) is 21.8. The molecule has 3 aliphatic rings. The summed E-state index contributed by atoms with van der Waals surface area (Å²) in [6, 6.07) is 28.9. The first-order chi connectivity index (χ1) is 30.5. The van der Waals surface area contributed by atoms with Gasteiger partial charge in [-0.15, -0.1) is 11.8 Å². The predicted molar refractivity (Wildman–Crippen MR) is 255 cm³/mol. The number of fused-ring (bicyclic) bond motifs is 1. The summed E-state index contributed by atoms with van der Waals surface area (Å²) >= 11 is 7.85. The van der Waals surface area contributed by atoms with Gasteiger partial charge in [0.05, 0.1) is 28.5 Å². The summed E-state index contributed by atoms with van der Waals surface area (Å²) in [6.07, 6.45) is 6.33. The second-order valence-corrected chi connectivity index (χ2v) is 20.0. The maximum atomic E-state index is 13.9. The summed E-state index contributed by atoms with van der Waals surface area (Å²) in [5.41, 5.74) is 5.39. The first-order valence-corrected chi connectivity index (χ1v) is 24.6. The van der Waals surface area contributed by atoms with Gasteiger partial charge < -0.3 is 15.0 Å². The number of likely N-dealkylation sites (tertiary alicyclic amines) is 1.